The fraction of sp³-hybridized carbons (Fsp3) is 0.526. The molecule has 26 heavy (non-hydrogen) atoms. The van der Waals surface area contributed by atoms with Crippen molar-refractivity contribution in [2.24, 2.45) is 11.3 Å². The third-order valence-electron chi connectivity index (χ3n) is 5.72. The van der Waals surface area contributed by atoms with Crippen molar-refractivity contribution in [1.29, 1.82) is 0 Å². The van der Waals surface area contributed by atoms with Crippen LogP contribution in [-0.4, -0.2) is 42.1 Å². The van der Waals surface area contributed by atoms with Gasteiger partial charge in [-0.3, -0.25) is 9.59 Å². The molecule has 140 valence electrons. The molecular weight excluding hydrogens is 343 g/mol. The van der Waals surface area contributed by atoms with Crippen molar-refractivity contribution in [3.63, 3.8) is 0 Å². The quantitative estimate of drug-likeness (QED) is 0.647. The molecule has 6 nitrogen and oxygen atoms in total. The van der Waals surface area contributed by atoms with Crippen molar-refractivity contribution >= 4 is 17.7 Å². The van der Waals surface area contributed by atoms with Crippen molar-refractivity contribution in [1.82, 2.24) is 0 Å². The molecule has 2 saturated carbocycles. The number of ether oxygens (including phenoxy) is 2. The highest BCUT2D eigenvalue weighted by Gasteiger charge is 2.70. The van der Waals surface area contributed by atoms with Crippen LogP contribution < -0.4 is 0 Å². The van der Waals surface area contributed by atoms with E-state index in [1.54, 1.807) is 6.92 Å². The smallest absolute Gasteiger partial charge is 0.338 e. The van der Waals surface area contributed by atoms with Crippen LogP contribution in [0.1, 0.15) is 37.7 Å². The zero-order valence-electron chi connectivity index (χ0n) is 14.7. The monoisotopic (exact) mass is 364 g/mol. The van der Waals surface area contributed by atoms with E-state index in [9.17, 15) is 23.9 Å². The van der Waals surface area contributed by atoms with Gasteiger partial charge in [0.15, 0.2) is 11.4 Å². The first-order valence-electron chi connectivity index (χ1n) is 8.59. The van der Waals surface area contributed by atoms with Gasteiger partial charge in [-0.1, -0.05) is 12.1 Å². The summed E-state index contributed by atoms with van der Waals surface area (Å²) in [5, 5.41) is 11.1. The normalized spacial score (nSPS) is 33.0. The first-order valence-corrected chi connectivity index (χ1v) is 8.59. The summed E-state index contributed by atoms with van der Waals surface area (Å²) in [5.74, 6) is -4.36. The number of esters is 2. The van der Waals surface area contributed by atoms with Crippen LogP contribution in [0.25, 0.3) is 0 Å². The van der Waals surface area contributed by atoms with E-state index in [1.165, 1.54) is 31.4 Å². The number of hydrogen-bond acceptors (Lipinski definition) is 6. The minimum Gasteiger partial charge on any atom is -0.468 e. The van der Waals surface area contributed by atoms with Gasteiger partial charge in [-0.25, -0.2) is 9.18 Å². The Morgan fingerprint density at radius 3 is 2.46 bits per heavy atom. The Kier molecular flexibility index (Phi) is 4.60. The lowest BCUT2D eigenvalue weighted by molar-refractivity contribution is -0.184. The van der Waals surface area contributed by atoms with Crippen molar-refractivity contribution < 1.29 is 33.4 Å². The van der Waals surface area contributed by atoms with E-state index in [4.69, 9.17) is 9.47 Å². The number of ketones is 1. The van der Waals surface area contributed by atoms with E-state index in [-0.39, 0.29) is 25.9 Å². The van der Waals surface area contributed by atoms with Crippen LogP contribution in [0.3, 0.4) is 0 Å². The summed E-state index contributed by atoms with van der Waals surface area (Å²) >= 11 is 0. The topological polar surface area (TPSA) is 89.9 Å². The Bertz CT molecular complexity index is 745. The van der Waals surface area contributed by atoms with Gasteiger partial charge in [-0.05, 0) is 43.9 Å². The number of Topliss-reactive ketones (excluding diaryl/α,β-unsaturated/α-hetero) is 1. The van der Waals surface area contributed by atoms with Crippen LogP contribution in [0.15, 0.2) is 24.3 Å². The standard InChI is InChI=1S/C19H21FO6/c1-3-26-17(23)19(24)10-14(11-4-6-12(20)7-5-11)18(16(22)25-2)9-8-13(19)15(18)21/h4-7,13-14,24H,3,8-10H2,1-2H3/t13-,14+,18?,19?/m1/s1. The average Bonchev–Trinajstić information content (AvgIpc) is 2.90. The predicted molar refractivity (Wildman–Crippen MR) is 87.5 cm³/mol. The molecule has 0 radical (unpaired) electrons. The molecule has 0 saturated heterocycles. The SMILES string of the molecule is CCOC(=O)C1(O)C[C@@H](c2ccc(F)cc2)C2(C(=O)OC)CC[C@@H]1C2=O. The van der Waals surface area contributed by atoms with E-state index in [0.717, 1.165) is 0 Å². The van der Waals surface area contributed by atoms with Crippen molar-refractivity contribution in [3.8, 4) is 0 Å². The molecule has 2 aliphatic rings. The average molecular weight is 364 g/mol. The summed E-state index contributed by atoms with van der Waals surface area (Å²) in [6, 6.07) is 5.36. The van der Waals surface area contributed by atoms with Crippen molar-refractivity contribution in [3.05, 3.63) is 35.6 Å². The molecule has 2 unspecified atom stereocenters. The molecule has 7 heteroatoms. The highest BCUT2D eigenvalue weighted by atomic mass is 19.1. The lowest BCUT2D eigenvalue weighted by Gasteiger charge is -2.44. The van der Waals surface area contributed by atoms with E-state index >= 15 is 0 Å². The first kappa shape index (κ1) is 18.5. The van der Waals surface area contributed by atoms with Gasteiger partial charge in [-0.15, -0.1) is 0 Å². The maximum absolute atomic E-state index is 13.3. The Morgan fingerprint density at radius 2 is 1.88 bits per heavy atom. The second kappa shape index (κ2) is 6.46. The maximum Gasteiger partial charge on any atom is 0.338 e. The fourth-order valence-corrected chi connectivity index (χ4v) is 4.47. The molecule has 0 aliphatic heterocycles. The Morgan fingerprint density at radius 1 is 1.23 bits per heavy atom. The Hall–Kier alpha value is -2.28. The molecule has 4 atom stereocenters. The Labute approximate surface area is 150 Å². The van der Waals surface area contributed by atoms with Gasteiger partial charge in [0, 0.05) is 5.92 Å². The van der Waals surface area contributed by atoms with Crippen LogP contribution in [-0.2, 0) is 23.9 Å². The number of methoxy groups -OCH3 is 1. The van der Waals surface area contributed by atoms with Gasteiger partial charge >= 0.3 is 11.9 Å². The zero-order chi connectivity index (χ0) is 19.1. The van der Waals surface area contributed by atoms with Gasteiger partial charge in [0.05, 0.1) is 19.6 Å². The lowest BCUT2D eigenvalue weighted by Crippen LogP contribution is -2.59. The van der Waals surface area contributed by atoms with Crippen LogP contribution >= 0.6 is 0 Å². The molecule has 1 N–H and O–H groups in total. The van der Waals surface area contributed by atoms with Crippen LogP contribution in [0.5, 0.6) is 0 Å². The summed E-state index contributed by atoms with van der Waals surface area (Å²) in [5.41, 5.74) is -3.00. The van der Waals surface area contributed by atoms with Crippen LogP contribution in [0, 0.1) is 17.2 Å². The maximum atomic E-state index is 13.3. The summed E-state index contributed by atoms with van der Waals surface area (Å²) in [4.78, 5) is 38.2. The number of benzene rings is 1. The van der Waals surface area contributed by atoms with Crippen LogP contribution in [0.2, 0.25) is 0 Å². The first-order chi connectivity index (χ1) is 12.3. The van der Waals surface area contributed by atoms with Crippen molar-refractivity contribution in [2.45, 2.75) is 37.7 Å². The highest BCUT2D eigenvalue weighted by Crippen LogP contribution is 2.60. The second-order valence-electron chi connectivity index (χ2n) is 6.87. The van der Waals surface area contributed by atoms with Gasteiger partial charge in [0.25, 0.3) is 0 Å². The third-order valence-corrected chi connectivity index (χ3v) is 5.72. The minimum atomic E-state index is -2.01. The highest BCUT2D eigenvalue weighted by molar-refractivity contribution is 6.10. The minimum absolute atomic E-state index is 0.0609. The molecule has 2 fully saturated rings. The molecule has 2 aliphatic carbocycles. The summed E-state index contributed by atoms with van der Waals surface area (Å²) < 4.78 is 23.2. The van der Waals surface area contributed by atoms with E-state index in [1.807, 2.05) is 0 Å². The van der Waals surface area contributed by atoms with Gasteiger partial charge in [0.2, 0.25) is 0 Å². The molecule has 1 aromatic carbocycles. The Balaban J connectivity index is 2.13. The van der Waals surface area contributed by atoms with Crippen LogP contribution in [0.4, 0.5) is 4.39 Å². The largest absolute Gasteiger partial charge is 0.468 e. The van der Waals surface area contributed by atoms with E-state index < -0.39 is 46.4 Å². The fourth-order valence-electron chi connectivity index (χ4n) is 4.47. The molecule has 3 rings (SSSR count). The molecule has 0 amide bonds. The lowest BCUT2D eigenvalue weighted by atomic mass is 9.59. The van der Waals surface area contributed by atoms with Gasteiger partial charge in [-0.2, -0.15) is 0 Å². The van der Waals surface area contributed by atoms with Gasteiger partial charge < -0.3 is 14.6 Å². The number of fused-ring (bicyclic) bond motifs is 2. The zero-order valence-corrected chi connectivity index (χ0v) is 14.7. The number of carbonyl (C=O) groups excluding carboxylic acids is 3. The molecule has 0 spiro atoms. The number of hydrogen-bond donors (Lipinski definition) is 1. The molecule has 0 aromatic heterocycles. The molecular formula is C19H21FO6. The molecule has 2 bridgehead atoms. The summed E-state index contributed by atoms with van der Waals surface area (Å²) in [7, 11) is 1.20. The number of aliphatic hydroxyl groups is 1. The van der Waals surface area contributed by atoms with E-state index in [0.29, 0.717) is 5.56 Å². The number of carbonyl (C=O) groups is 3. The van der Waals surface area contributed by atoms with Gasteiger partial charge in [0.1, 0.15) is 11.2 Å². The number of rotatable bonds is 4. The second-order valence-corrected chi connectivity index (χ2v) is 6.87. The summed E-state index contributed by atoms with van der Waals surface area (Å²) in [6.45, 7) is 1.67. The summed E-state index contributed by atoms with van der Waals surface area (Å²) in [6.07, 6.45) is 0.177. The number of halogens is 1. The third kappa shape index (κ3) is 2.45. The molecule has 0 heterocycles. The predicted octanol–water partition coefficient (Wildman–Crippen LogP) is 1.75. The molecule has 1 aromatic rings. The van der Waals surface area contributed by atoms with E-state index in [2.05, 4.69) is 0 Å². The van der Waals surface area contributed by atoms with Crippen molar-refractivity contribution in [2.75, 3.05) is 13.7 Å².